The van der Waals surface area contributed by atoms with E-state index in [-0.39, 0.29) is 6.54 Å². The van der Waals surface area contributed by atoms with Gasteiger partial charge in [0.25, 0.3) is 0 Å². The van der Waals surface area contributed by atoms with Crippen LogP contribution in [0.4, 0.5) is 5.69 Å². The van der Waals surface area contributed by atoms with Crippen molar-refractivity contribution in [2.24, 2.45) is 10.2 Å². The van der Waals surface area contributed by atoms with Crippen LogP contribution in [0.15, 0.2) is 28.4 Å². The second kappa shape index (κ2) is 4.99. The number of benzene rings is 1. The van der Waals surface area contributed by atoms with Crippen LogP contribution in [-0.2, 0) is 6.54 Å². The lowest BCUT2D eigenvalue weighted by atomic mass is 10.2. The van der Waals surface area contributed by atoms with E-state index in [1.54, 1.807) is 18.2 Å². The van der Waals surface area contributed by atoms with Gasteiger partial charge < -0.3 is 0 Å². The molecular formula is C7H5ClN6. The van der Waals surface area contributed by atoms with Crippen molar-refractivity contribution in [2.45, 2.75) is 6.54 Å². The predicted molar refractivity (Wildman–Crippen MR) is 53.1 cm³/mol. The van der Waals surface area contributed by atoms with Gasteiger partial charge in [-0.25, -0.2) is 0 Å². The highest BCUT2D eigenvalue weighted by molar-refractivity contribution is 6.30. The zero-order valence-corrected chi connectivity index (χ0v) is 7.76. The van der Waals surface area contributed by atoms with Crippen LogP contribution in [0, 0.1) is 0 Å². The summed E-state index contributed by atoms with van der Waals surface area (Å²) in [5.74, 6) is 0. The smallest absolute Gasteiger partial charge is 0.0516 e. The minimum absolute atomic E-state index is 0.116. The third-order valence-electron chi connectivity index (χ3n) is 1.50. The Morgan fingerprint density at radius 3 is 2.71 bits per heavy atom. The minimum atomic E-state index is 0.116. The van der Waals surface area contributed by atoms with Gasteiger partial charge in [-0.15, -0.1) is 0 Å². The number of rotatable bonds is 3. The molecule has 0 fully saturated rings. The molecule has 1 rings (SSSR count). The normalized spacial score (nSPS) is 8.64. The first-order chi connectivity index (χ1) is 6.77. The molecule has 0 heterocycles. The molecule has 0 saturated heterocycles. The van der Waals surface area contributed by atoms with Gasteiger partial charge in [-0.1, -0.05) is 27.9 Å². The molecule has 6 nitrogen and oxygen atoms in total. The van der Waals surface area contributed by atoms with Crippen LogP contribution >= 0.6 is 11.6 Å². The van der Waals surface area contributed by atoms with Crippen LogP contribution < -0.4 is 0 Å². The molecule has 0 amide bonds. The maximum absolute atomic E-state index is 8.26. The van der Waals surface area contributed by atoms with E-state index < -0.39 is 0 Å². The highest BCUT2D eigenvalue weighted by Crippen LogP contribution is 2.24. The Kier molecular flexibility index (Phi) is 3.64. The van der Waals surface area contributed by atoms with Crippen LogP contribution in [0.2, 0.25) is 5.02 Å². The number of halogens is 1. The highest BCUT2D eigenvalue weighted by atomic mass is 35.5. The molecule has 0 radical (unpaired) electrons. The topological polar surface area (TPSA) is 97.5 Å². The fraction of sp³-hybridized carbons (Fsp3) is 0.143. The molecule has 0 saturated carbocycles. The van der Waals surface area contributed by atoms with Crippen molar-refractivity contribution in [3.8, 4) is 0 Å². The van der Waals surface area contributed by atoms with Crippen LogP contribution in [0.3, 0.4) is 0 Å². The van der Waals surface area contributed by atoms with Crippen molar-refractivity contribution in [1.29, 1.82) is 0 Å². The molecule has 7 heteroatoms. The molecule has 0 unspecified atom stereocenters. The van der Waals surface area contributed by atoms with Crippen LogP contribution in [0.1, 0.15) is 5.56 Å². The molecular weight excluding hydrogens is 204 g/mol. The highest BCUT2D eigenvalue weighted by Gasteiger charge is 2.00. The fourth-order valence-electron chi connectivity index (χ4n) is 0.934. The average Bonchev–Trinajstić information content (AvgIpc) is 2.18. The van der Waals surface area contributed by atoms with E-state index in [1.807, 2.05) is 0 Å². The van der Waals surface area contributed by atoms with E-state index in [1.165, 1.54) is 0 Å². The lowest BCUT2D eigenvalue weighted by molar-refractivity contribution is 1.04. The number of nitrogens with zero attached hydrogens (tertiary/aromatic N) is 6. The largest absolute Gasteiger partial charge is 0.0893 e. The standard InChI is InChI=1S/C7H5ClN6/c8-6-1-2-7(12-14-10)5(3-6)4-11-13-9/h1-3H,4H2. The lowest BCUT2D eigenvalue weighted by Gasteiger charge is -2.01. The minimum Gasteiger partial charge on any atom is -0.0893 e. The Bertz CT molecular complexity index is 430. The molecule has 0 atom stereocenters. The summed E-state index contributed by atoms with van der Waals surface area (Å²) in [6.07, 6.45) is 0. The van der Waals surface area contributed by atoms with Gasteiger partial charge in [-0.3, -0.25) is 0 Å². The summed E-state index contributed by atoms with van der Waals surface area (Å²) >= 11 is 5.73. The Labute approximate surface area is 84.4 Å². The van der Waals surface area contributed by atoms with Gasteiger partial charge in [0, 0.05) is 20.5 Å². The molecule has 70 valence electrons. The molecule has 0 aliphatic heterocycles. The molecule has 0 aliphatic rings. The predicted octanol–water partition coefficient (Wildman–Crippen LogP) is 4.09. The third kappa shape index (κ3) is 2.57. The van der Waals surface area contributed by atoms with E-state index in [2.05, 4.69) is 20.1 Å². The van der Waals surface area contributed by atoms with Crippen molar-refractivity contribution in [2.75, 3.05) is 0 Å². The van der Waals surface area contributed by atoms with Crippen molar-refractivity contribution in [3.05, 3.63) is 49.7 Å². The number of hydrogen-bond donors (Lipinski definition) is 0. The molecule has 0 N–H and O–H groups in total. The van der Waals surface area contributed by atoms with Crippen LogP contribution in [0.5, 0.6) is 0 Å². The van der Waals surface area contributed by atoms with Gasteiger partial charge in [0.2, 0.25) is 0 Å². The van der Waals surface area contributed by atoms with Gasteiger partial charge in [0.05, 0.1) is 6.54 Å². The monoisotopic (exact) mass is 208 g/mol. The summed E-state index contributed by atoms with van der Waals surface area (Å²) in [5, 5.41) is 7.31. The third-order valence-corrected chi connectivity index (χ3v) is 1.73. The molecule has 1 aromatic rings. The van der Waals surface area contributed by atoms with Gasteiger partial charge in [0.1, 0.15) is 0 Å². The maximum Gasteiger partial charge on any atom is 0.0516 e. The maximum atomic E-state index is 8.26. The summed E-state index contributed by atoms with van der Waals surface area (Å²) in [5.41, 5.74) is 17.4. The zero-order chi connectivity index (χ0) is 10.4. The molecule has 1 aromatic carbocycles. The Morgan fingerprint density at radius 1 is 1.29 bits per heavy atom. The first-order valence-corrected chi connectivity index (χ1v) is 4.00. The van der Waals surface area contributed by atoms with Gasteiger partial charge >= 0.3 is 0 Å². The molecule has 0 bridgehead atoms. The SMILES string of the molecule is [N-]=[N+]=NCc1cc(Cl)ccc1N=[N+]=[N-]. The fourth-order valence-corrected chi connectivity index (χ4v) is 1.13. The van der Waals surface area contributed by atoms with Gasteiger partial charge in [-0.05, 0) is 28.8 Å². The summed E-state index contributed by atoms with van der Waals surface area (Å²) in [6, 6.07) is 4.77. The van der Waals surface area contributed by atoms with Crippen molar-refractivity contribution in [3.63, 3.8) is 0 Å². The second-order valence-corrected chi connectivity index (χ2v) is 2.79. The Hall–Kier alpha value is -1.87. The first kappa shape index (κ1) is 10.2. The molecule has 0 aliphatic carbocycles. The Balaban J connectivity index is 3.14. The second-order valence-electron chi connectivity index (χ2n) is 2.35. The van der Waals surface area contributed by atoms with Crippen molar-refractivity contribution >= 4 is 17.3 Å². The quantitative estimate of drug-likeness (QED) is 0.406. The molecule has 0 aromatic heterocycles. The van der Waals surface area contributed by atoms with Gasteiger partial charge in [0.15, 0.2) is 0 Å². The average molecular weight is 209 g/mol. The number of hydrogen-bond acceptors (Lipinski definition) is 2. The molecule has 0 spiro atoms. The first-order valence-electron chi connectivity index (χ1n) is 3.62. The van der Waals surface area contributed by atoms with Crippen LogP contribution in [-0.4, -0.2) is 0 Å². The Morgan fingerprint density at radius 2 is 2.07 bits per heavy atom. The van der Waals surface area contributed by atoms with Gasteiger partial charge in [-0.2, -0.15) is 0 Å². The van der Waals surface area contributed by atoms with Crippen molar-refractivity contribution < 1.29 is 0 Å². The van der Waals surface area contributed by atoms with E-state index in [9.17, 15) is 0 Å². The molecule has 14 heavy (non-hydrogen) atoms. The van der Waals surface area contributed by atoms with Crippen LogP contribution in [0.25, 0.3) is 20.9 Å². The summed E-state index contributed by atoms with van der Waals surface area (Å²) in [6.45, 7) is 0.116. The lowest BCUT2D eigenvalue weighted by Crippen LogP contribution is -1.81. The summed E-state index contributed by atoms with van der Waals surface area (Å²) in [4.78, 5) is 5.26. The number of azide groups is 2. The van der Waals surface area contributed by atoms with E-state index in [4.69, 9.17) is 22.7 Å². The zero-order valence-electron chi connectivity index (χ0n) is 7.00. The van der Waals surface area contributed by atoms with E-state index in [0.717, 1.165) is 0 Å². The van der Waals surface area contributed by atoms with Crippen molar-refractivity contribution in [1.82, 2.24) is 0 Å². The summed E-state index contributed by atoms with van der Waals surface area (Å²) in [7, 11) is 0. The van der Waals surface area contributed by atoms with E-state index in [0.29, 0.717) is 16.3 Å². The summed E-state index contributed by atoms with van der Waals surface area (Å²) < 4.78 is 0. The van der Waals surface area contributed by atoms with E-state index >= 15 is 0 Å².